The summed E-state index contributed by atoms with van der Waals surface area (Å²) in [6.45, 7) is 3.80. The van der Waals surface area contributed by atoms with Crippen molar-refractivity contribution in [2.75, 3.05) is 26.6 Å². The number of benzene rings is 2. The molecule has 0 spiro atoms. The van der Waals surface area contributed by atoms with E-state index >= 15 is 0 Å². The molecule has 1 amide bonds. The maximum atomic E-state index is 12.8. The number of nitrogens with zero attached hydrogens (tertiary/aromatic N) is 4. The zero-order chi connectivity index (χ0) is 24.4. The first kappa shape index (κ1) is 23.4. The van der Waals surface area contributed by atoms with Gasteiger partial charge in [0.15, 0.2) is 22.4 Å². The molecule has 10 nitrogen and oxygen atoms in total. The SMILES string of the molecule is COc1cc(C(=O)NC(=S)Nc2ccc(-c3nn4c(C)nnc4s3)cc2C)cc(OC)c1OC. The van der Waals surface area contributed by atoms with Gasteiger partial charge >= 0.3 is 0 Å². The number of carbonyl (C=O) groups excluding carboxylic acids is 1. The number of nitrogens with one attached hydrogen (secondary N) is 2. The lowest BCUT2D eigenvalue weighted by molar-refractivity contribution is 0.0977. The van der Waals surface area contributed by atoms with E-state index in [2.05, 4.69) is 25.9 Å². The number of hydrogen-bond acceptors (Lipinski definition) is 9. The third-order valence-corrected chi connectivity index (χ3v) is 6.17. The highest BCUT2D eigenvalue weighted by Crippen LogP contribution is 2.38. The standard InChI is InChI=1S/C22H22N6O4S2/c1-11-8-13(20-27-28-12(2)25-26-22(28)34-20)6-7-15(11)23-21(33)24-19(29)14-9-16(30-3)18(32-5)17(10-14)31-4/h6-10H,1-5H3,(H2,23,24,29,33). The number of anilines is 1. The fourth-order valence-corrected chi connectivity index (χ4v) is 4.39. The predicted molar refractivity (Wildman–Crippen MR) is 133 cm³/mol. The molecule has 0 aliphatic carbocycles. The average Bonchev–Trinajstić information content (AvgIpc) is 3.41. The molecule has 2 N–H and O–H groups in total. The molecule has 176 valence electrons. The Morgan fingerprint density at radius 2 is 1.74 bits per heavy atom. The van der Waals surface area contributed by atoms with E-state index in [1.165, 1.54) is 32.7 Å². The fourth-order valence-electron chi connectivity index (χ4n) is 3.31. The van der Waals surface area contributed by atoms with Crippen LogP contribution in [0.15, 0.2) is 30.3 Å². The molecule has 0 atom stereocenters. The number of aryl methyl sites for hydroxylation is 2. The first-order valence-electron chi connectivity index (χ1n) is 10.1. The highest BCUT2D eigenvalue weighted by Gasteiger charge is 2.18. The van der Waals surface area contributed by atoms with Crippen molar-refractivity contribution in [3.8, 4) is 27.8 Å². The van der Waals surface area contributed by atoms with Crippen LogP contribution >= 0.6 is 23.6 Å². The van der Waals surface area contributed by atoms with Crippen LogP contribution in [0.3, 0.4) is 0 Å². The molecule has 2 heterocycles. The molecule has 34 heavy (non-hydrogen) atoms. The topological polar surface area (TPSA) is 112 Å². The number of carbonyl (C=O) groups is 1. The summed E-state index contributed by atoms with van der Waals surface area (Å²) in [7, 11) is 4.47. The van der Waals surface area contributed by atoms with E-state index in [0.717, 1.165) is 32.6 Å². The van der Waals surface area contributed by atoms with Gasteiger partial charge in [0, 0.05) is 16.8 Å². The van der Waals surface area contributed by atoms with Gasteiger partial charge in [-0.2, -0.15) is 9.61 Å². The van der Waals surface area contributed by atoms with Gasteiger partial charge in [-0.1, -0.05) is 11.3 Å². The first-order valence-corrected chi connectivity index (χ1v) is 11.3. The van der Waals surface area contributed by atoms with E-state index in [1.807, 2.05) is 32.0 Å². The van der Waals surface area contributed by atoms with Gasteiger partial charge in [-0.05, 0) is 62.0 Å². The number of thiocarbonyl (C=S) groups is 1. The van der Waals surface area contributed by atoms with Crippen molar-refractivity contribution in [1.82, 2.24) is 25.1 Å². The number of fused-ring (bicyclic) bond motifs is 1. The second-order valence-electron chi connectivity index (χ2n) is 7.20. The molecular formula is C22H22N6O4S2. The monoisotopic (exact) mass is 498 g/mol. The highest BCUT2D eigenvalue weighted by atomic mass is 32.1. The van der Waals surface area contributed by atoms with Gasteiger partial charge in [-0.25, -0.2) is 0 Å². The Morgan fingerprint density at radius 1 is 1.03 bits per heavy atom. The summed E-state index contributed by atoms with van der Waals surface area (Å²) >= 11 is 6.82. The Hall–Kier alpha value is -3.77. The van der Waals surface area contributed by atoms with Crippen LogP contribution in [0, 0.1) is 13.8 Å². The van der Waals surface area contributed by atoms with Crippen molar-refractivity contribution in [2.45, 2.75) is 13.8 Å². The summed E-state index contributed by atoms with van der Waals surface area (Å²) in [5.41, 5.74) is 2.96. The van der Waals surface area contributed by atoms with Crippen LogP contribution in [0.2, 0.25) is 0 Å². The van der Waals surface area contributed by atoms with E-state index in [4.69, 9.17) is 26.4 Å². The van der Waals surface area contributed by atoms with Crippen LogP contribution in [-0.2, 0) is 0 Å². The zero-order valence-corrected chi connectivity index (χ0v) is 20.8. The number of methoxy groups -OCH3 is 3. The molecule has 0 unspecified atom stereocenters. The summed E-state index contributed by atoms with van der Waals surface area (Å²) < 4.78 is 17.6. The van der Waals surface area contributed by atoms with Crippen LogP contribution in [0.25, 0.3) is 15.5 Å². The third kappa shape index (κ3) is 4.50. The number of aromatic nitrogens is 4. The second kappa shape index (κ2) is 9.61. The lowest BCUT2D eigenvalue weighted by atomic mass is 10.1. The second-order valence-corrected chi connectivity index (χ2v) is 8.56. The lowest BCUT2D eigenvalue weighted by Crippen LogP contribution is -2.34. The number of hydrogen-bond donors (Lipinski definition) is 2. The van der Waals surface area contributed by atoms with Gasteiger partial charge in [0.25, 0.3) is 5.91 Å². The van der Waals surface area contributed by atoms with Crippen molar-refractivity contribution in [3.05, 3.63) is 47.3 Å². The van der Waals surface area contributed by atoms with Crippen LogP contribution in [0.4, 0.5) is 5.69 Å². The Bertz CT molecular complexity index is 1370. The molecule has 12 heteroatoms. The van der Waals surface area contributed by atoms with Crippen LogP contribution in [0.5, 0.6) is 17.2 Å². The molecule has 0 aliphatic heterocycles. The summed E-state index contributed by atoms with van der Waals surface area (Å²) in [4.78, 5) is 13.5. The molecule has 4 aromatic rings. The van der Waals surface area contributed by atoms with Gasteiger partial charge < -0.3 is 19.5 Å². The molecule has 0 fully saturated rings. The van der Waals surface area contributed by atoms with Gasteiger partial charge in [0.2, 0.25) is 10.7 Å². The van der Waals surface area contributed by atoms with Gasteiger partial charge in [0.1, 0.15) is 5.01 Å². The van der Waals surface area contributed by atoms with Crippen LogP contribution < -0.4 is 24.8 Å². The summed E-state index contributed by atoms with van der Waals surface area (Å²) in [6, 6.07) is 8.92. The number of amides is 1. The van der Waals surface area contributed by atoms with Crippen molar-refractivity contribution >= 4 is 45.2 Å². The molecule has 4 rings (SSSR count). The lowest BCUT2D eigenvalue weighted by Gasteiger charge is -2.15. The molecule has 0 saturated heterocycles. The largest absolute Gasteiger partial charge is 0.493 e. The zero-order valence-electron chi connectivity index (χ0n) is 19.1. The maximum Gasteiger partial charge on any atom is 0.257 e. The van der Waals surface area contributed by atoms with Crippen molar-refractivity contribution in [1.29, 1.82) is 0 Å². The Morgan fingerprint density at radius 3 is 2.32 bits per heavy atom. The van der Waals surface area contributed by atoms with E-state index < -0.39 is 5.91 Å². The minimum absolute atomic E-state index is 0.156. The average molecular weight is 499 g/mol. The Kier molecular flexibility index (Phi) is 6.61. The Balaban J connectivity index is 1.48. The smallest absolute Gasteiger partial charge is 0.257 e. The minimum Gasteiger partial charge on any atom is -0.493 e. The molecule has 2 aromatic heterocycles. The van der Waals surface area contributed by atoms with Crippen molar-refractivity contribution in [2.24, 2.45) is 0 Å². The quantitative estimate of drug-likeness (QED) is 0.385. The van der Waals surface area contributed by atoms with E-state index in [0.29, 0.717) is 22.8 Å². The van der Waals surface area contributed by atoms with Crippen LogP contribution in [-0.4, -0.2) is 52.2 Å². The molecule has 0 saturated carbocycles. The molecular weight excluding hydrogens is 476 g/mol. The maximum absolute atomic E-state index is 12.8. The van der Waals surface area contributed by atoms with Gasteiger partial charge in [0.05, 0.1) is 21.3 Å². The Labute approximate surface area is 204 Å². The summed E-state index contributed by atoms with van der Waals surface area (Å²) in [5, 5.41) is 19.4. The number of ether oxygens (including phenoxy) is 3. The molecule has 0 radical (unpaired) electrons. The van der Waals surface area contributed by atoms with E-state index in [1.54, 1.807) is 16.6 Å². The van der Waals surface area contributed by atoms with E-state index in [-0.39, 0.29) is 5.11 Å². The van der Waals surface area contributed by atoms with Crippen molar-refractivity contribution in [3.63, 3.8) is 0 Å². The van der Waals surface area contributed by atoms with Gasteiger partial charge in [-0.3, -0.25) is 10.1 Å². The fraction of sp³-hybridized carbons (Fsp3) is 0.227. The highest BCUT2D eigenvalue weighted by molar-refractivity contribution is 7.80. The third-order valence-electron chi connectivity index (χ3n) is 5.02. The minimum atomic E-state index is -0.416. The predicted octanol–water partition coefficient (Wildman–Crippen LogP) is 3.62. The van der Waals surface area contributed by atoms with Gasteiger partial charge in [-0.15, -0.1) is 10.2 Å². The molecule has 0 aliphatic rings. The molecule has 0 bridgehead atoms. The molecule has 2 aromatic carbocycles. The summed E-state index contributed by atoms with van der Waals surface area (Å²) in [6.07, 6.45) is 0. The normalized spacial score (nSPS) is 10.7. The van der Waals surface area contributed by atoms with Crippen molar-refractivity contribution < 1.29 is 19.0 Å². The van der Waals surface area contributed by atoms with Crippen LogP contribution in [0.1, 0.15) is 21.7 Å². The van der Waals surface area contributed by atoms with E-state index in [9.17, 15) is 4.79 Å². The number of rotatable bonds is 6. The summed E-state index contributed by atoms with van der Waals surface area (Å²) in [5.74, 6) is 1.47. The first-order chi connectivity index (χ1) is 16.3.